The van der Waals surface area contributed by atoms with Crippen LogP contribution in [-0.4, -0.2) is 53.5 Å². The molecule has 0 atom stereocenters. The van der Waals surface area contributed by atoms with E-state index in [1.807, 2.05) is 0 Å². The maximum absolute atomic E-state index is 12.5. The van der Waals surface area contributed by atoms with Crippen molar-refractivity contribution >= 4 is 33.0 Å². The molecular weight excluding hydrogens is 449 g/mol. The Kier molecular flexibility index (Phi) is 7.70. The normalized spacial score (nSPS) is 12.2. The number of halogens is 4. The van der Waals surface area contributed by atoms with Gasteiger partial charge >= 0.3 is 6.18 Å². The van der Waals surface area contributed by atoms with Gasteiger partial charge in [-0.15, -0.1) is 0 Å². The molecular formula is C17H21ClF3N4O4S+. The summed E-state index contributed by atoms with van der Waals surface area (Å²) in [5, 5.41) is 13.6. The molecule has 0 bridgehead atoms. The second kappa shape index (κ2) is 9.65. The summed E-state index contributed by atoms with van der Waals surface area (Å²) in [4.78, 5) is 13.8. The van der Waals surface area contributed by atoms with Crippen molar-refractivity contribution in [1.29, 1.82) is 0 Å². The molecule has 0 saturated heterocycles. The minimum atomic E-state index is -4.42. The monoisotopic (exact) mass is 469 g/mol. The molecule has 2 rings (SSSR count). The molecule has 8 nitrogen and oxygen atoms in total. The van der Waals surface area contributed by atoms with Gasteiger partial charge in [-0.25, -0.2) is 13.1 Å². The van der Waals surface area contributed by atoms with Crippen LogP contribution >= 0.6 is 11.6 Å². The van der Waals surface area contributed by atoms with E-state index in [1.54, 1.807) is 19.1 Å². The Bertz CT molecular complexity index is 995. The molecule has 13 heteroatoms. The first-order valence-corrected chi connectivity index (χ1v) is 11.2. The number of anilines is 1. The van der Waals surface area contributed by atoms with Crippen molar-refractivity contribution in [1.82, 2.24) is 9.78 Å². The topological polar surface area (TPSA) is 96.4 Å². The first kappa shape index (κ1) is 23.9. The second-order valence-corrected chi connectivity index (χ2v) is 9.11. The largest absolute Gasteiger partial charge is 0.389 e. The van der Waals surface area contributed by atoms with E-state index in [4.69, 9.17) is 11.6 Å². The van der Waals surface area contributed by atoms with Gasteiger partial charge in [0.05, 0.1) is 17.7 Å². The summed E-state index contributed by atoms with van der Waals surface area (Å²) in [6.45, 7) is 1.83. The number of hydrogen-bond donors (Lipinski definition) is 1. The van der Waals surface area contributed by atoms with Gasteiger partial charge in [-0.1, -0.05) is 11.6 Å². The van der Waals surface area contributed by atoms with Crippen LogP contribution in [0.1, 0.15) is 26.2 Å². The number of aromatic nitrogens is 3. The van der Waals surface area contributed by atoms with Crippen LogP contribution in [-0.2, 0) is 14.6 Å². The van der Waals surface area contributed by atoms with Crippen molar-refractivity contribution in [3.63, 3.8) is 0 Å². The lowest BCUT2D eigenvalue weighted by Gasteiger charge is -2.19. The van der Waals surface area contributed by atoms with Crippen LogP contribution in [0, 0.1) is 0 Å². The molecule has 0 spiro atoms. The third-order valence-corrected chi connectivity index (χ3v) is 6.14. The fourth-order valence-electron chi connectivity index (χ4n) is 2.70. The Labute approximate surface area is 176 Å². The average molecular weight is 470 g/mol. The van der Waals surface area contributed by atoms with E-state index in [0.29, 0.717) is 5.69 Å². The smallest absolute Gasteiger partial charge is 0.308 e. The molecule has 1 N–H and O–H groups in total. The number of pyridine rings is 1. The molecule has 0 fully saturated rings. The highest BCUT2D eigenvalue weighted by Crippen LogP contribution is 2.26. The van der Waals surface area contributed by atoms with Crippen molar-refractivity contribution in [2.45, 2.75) is 32.4 Å². The van der Waals surface area contributed by atoms with E-state index in [1.165, 1.54) is 28.2 Å². The summed E-state index contributed by atoms with van der Waals surface area (Å²) in [5.74, 6) is -1.75. The number of nitrogens with zero attached hydrogens (tertiary/aromatic N) is 4. The molecule has 2 heterocycles. The van der Waals surface area contributed by atoms with Gasteiger partial charge in [-0.3, -0.25) is 10.0 Å². The standard InChI is InChI=1S/C17H21ClF3N4O4S/c1-2-24(15(26)6-10-30(28,29)9-4-7-17(19,20)21)14-12-25(22-16(14)18)13-5-3-8-23(27)11-13/h3,5,8,11-12,27H,2,4,6-7,9-10H2,1H3/q+1. The van der Waals surface area contributed by atoms with Gasteiger partial charge in [0, 0.05) is 30.2 Å². The zero-order chi connectivity index (χ0) is 22.5. The van der Waals surface area contributed by atoms with Gasteiger partial charge < -0.3 is 4.90 Å². The first-order valence-electron chi connectivity index (χ1n) is 8.95. The van der Waals surface area contributed by atoms with Gasteiger partial charge in [0.25, 0.3) is 0 Å². The zero-order valence-electron chi connectivity index (χ0n) is 16.0. The van der Waals surface area contributed by atoms with Crippen molar-refractivity contribution in [3.8, 4) is 5.69 Å². The summed E-state index contributed by atoms with van der Waals surface area (Å²) in [6.07, 6.45) is -2.34. The lowest BCUT2D eigenvalue weighted by atomic mass is 10.3. The van der Waals surface area contributed by atoms with Crippen LogP contribution in [0.15, 0.2) is 30.7 Å². The molecule has 2 aromatic rings. The summed E-state index contributed by atoms with van der Waals surface area (Å²) >= 11 is 6.13. The molecule has 166 valence electrons. The van der Waals surface area contributed by atoms with Gasteiger partial charge in [-0.05, 0) is 19.4 Å². The molecule has 0 aliphatic heterocycles. The first-order chi connectivity index (χ1) is 13.9. The van der Waals surface area contributed by atoms with Crippen LogP contribution in [0.5, 0.6) is 0 Å². The lowest BCUT2D eigenvalue weighted by Crippen LogP contribution is -2.32. The molecule has 2 aromatic heterocycles. The summed E-state index contributed by atoms with van der Waals surface area (Å²) in [5.41, 5.74) is 0.705. The minimum absolute atomic E-state index is 0.00780. The van der Waals surface area contributed by atoms with Gasteiger partial charge in [0.15, 0.2) is 15.0 Å². The highest BCUT2D eigenvalue weighted by atomic mass is 35.5. The predicted molar refractivity (Wildman–Crippen MR) is 103 cm³/mol. The van der Waals surface area contributed by atoms with Crippen LogP contribution in [0.2, 0.25) is 5.15 Å². The third-order valence-electron chi connectivity index (χ3n) is 4.14. The van der Waals surface area contributed by atoms with Gasteiger partial charge in [0.2, 0.25) is 18.3 Å². The average Bonchev–Trinajstić information content (AvgIpc) is 3.01. The Morgan fingerprint density at radius 2 is 2.07 bits per heavy atom. The lowest BCUT2D eigenvalue weighted by molar-refractivity contribution is -0.904. The summed E-state index contributed by atoms with van der Waals surface area (Å²) < 4.78 is 62.6. The predicted octanol–water partition coefficient (Wildman–Crippen LogP) is 2.55. The number of carbonyl (C=O) groups excluding carboxylic acids is 1. The Hall–Kier alpha value is -2.34. The fourth-order valence-corrected chi connectivity index (χ4v) is 4.20. The van der Waals surface area contributed by atoms with Gasteiger partial charge in [0.1, 0.15) is 11.4 Å². The summed E-state index contributed by atoms with van der Waals surface area (Å²) in [6, 6.07) is 3.21. The second-order valence-electron chi connectivity index (χ2n) is 6.45. The van der Waals surface area contributed by atoms with E-state index in [-0.39, 0.29) is 17.4 Å². The van der Waals surface area contributed by atoms with E-state index in [0.717, 1.165) is 4.73 Å². The molecule has 0 aliphatic carbocycles. The van der Waals surface area contributed by atoms with Gasteiger partial charge in [-0.2, -0.15) is 18.3 Å². The number of rotatable bonds is 9. The van der Waals surface area contributed by atoms with Crippen molar-refractivity contribution in [3.05, 3.63) is 35.9 Å². The van der Waals surface area contributed by atoms with Crippen molar-refractivity contribution in [2.24, 2.45) is 0 Å². The molecule has 0 unspecified atom stereocenters. The zero-order valence-corrected chi connectivity index (χ0v) is 17.6. The highest BCUT2D eigenvalue weighted by Gasteiger charge is 2.28. The Morgan fingerprint density at radius 3 is 2.67 bits per heavy atom. The Balaban J connectivity index is 2.06. The van der Waals surface area contributed by atoms with Crippen LogP contribution in [0.3, 0.4) is 0 Å². The van der Waals surface area contributed by atoms with Crippen molar-refractivity contribution in [2.75, 3.05) is 23.0 Å². The van der Waals surface area contributed by atoms with E-state index in [2.05, 4.69) is 5.10 Å². The SMILES string of the molecule is CCN(C(=O)CCS(=O)(=O)CCCC(F)(F)F)c1cn(-c2ccc[n+](O)c2)nc1Cl. The maximum atomic E-state index is 12.5. The molecule has 1 amide bonds. The Morgan fingerprint density at radius 1 is 1.37 bits per heavy atom. The molecule has 0 radical (unpaired) electrons. The molecule has 0 aliphatic rings. The summed E-state index contributed by atoms with van der Waals surface area (Å²) in [7, 11) is -3.81. The number of hydrogen-bond acceptors (Lipinski definition) is 5. The van der Waals surface area contributed by atoms with Crippen LogP contribution < -0.4 is 9.63 Å². The number of carbonyl (C=O) groups is 1. The molecule has 30 heavy (non-hydrogen) atoms. The quantitative estimate of drug-likeness (QED) is 0.450. The number of amides is 1. The molecule has 0 aromatic carbocycles. The third kappa shape index (κ3) is 6.87. The number of sulfone groups is 1. The fraction of sp³-hybridized carbons (Fsp3) is 0.471. The van der Waals surface area contributed by atoms with E-state index < -0.39 is 52.7 Å². The minimum Gasteiger partial charge on any atom is -0.308 e. The maximum Gasteiger partial charge on any atom is 0.389 e. The highest BCUT2D eigenvalue weighted by molar-refractivity contribution is 7.91. The van der Waals surface area contributed by atoms with E-state index in [9.17, 15) is 31.6 Å². The number of alkyl halides is 3. The molecule has 0 saturated carbocycles. The van der Waals surface area contributed by atoms with E-state index >= 15 is 0 Å². The van der Waals surface area contributed by atoms with Crippen LogP contribution in [0.4, 0.5) is 18.9 Å². The van der Waals surface area contributed by atoms with Crippen molar-refractivity contribution < 1.29 is 36.3 Å². The van der Waals surface area contributed by atoms with Crippen LogP contribution in [0.25, 0.3) is 5.69 Å².